The van der Waals surface area contributed by atoms with Crippen LogP contribution >= 0.6 is 11.6 Å². The minimum Gasteiger partial charge on any atom is -0.484 e. The lowest BCUT2D eigenvalue weighted by atomic mass is 10.0. The van der Waals surface area contributed by atoms with E-state index in [2.05, 4.69) is 26.1 Å². The number of hydrogen-bond acceptors (Lipinski definition) is 3. The number of unbranched alkanes of at least 4 members (excludes halogenated alkanes) is 1. The lowest BCUT2D eigenvalue weighted by Crippen LogP contribution is -2.50. The van der Waals surface area contributed by atoms with Crippen molar-refractivity contribution < 1.29 is 14.3 Å². The molecule has 0 aliphatic heterocycles. The number of rotatable bonds is 12. The molecule has 0 aliphatic rings. The Kier molecular flexibility index (Phi) is 10.5. The first-order valence-corrected chi connectivity index (χ1v) is 11.8. The monoisotopic (exact) mass is 458 g/mol. The molecule has 0 aliphatic carbocycles. The lowest BCUT2D eigenvalue weighted by molar-refractivity contribution is -0.143. The molecule has 0 radical (unpaired) electrons. The molecule has 1 atom stereocenters. The molecule has 0 unspecified atom stereocenters. The molecule has 0 saturated heterocycles. The van der Waals surface area contributed by atoms with Gasteiger partial charge in [-0.25, -0.2) is 0 Å². The molecule has 0 heterocycles. The van der Waals surface area contributed by atoms with Crippen molar-refractivity contribution in [2.75, 3.05) is 13.2 Å². The van der Waals surface area contributed by atoms with Gasteiger partial charge >= 0.3 is 0 Å². The van der Waals surface area contributed by atoms with Gasteiger partial charge in [-0.15, -0.1) is 0 Å². The number of nitrogens with zero attached hydrogens (tertiary/aromatic N) is 1. The molecule has 2 aromatic rings. The Morgan fingerprint density at radius 2 is 1.69 bits per heavy atom. The van der Waals surface area contributed by atoms with E-state index in [0.29, 0.717) is 36.2 Å². The van der Waals surface area contributed by atoms with E-state index < -0.39 is 6.04 Å². The highest BCUT2D eigenvalue weighted by molar-refractivity contribution is 6.30. The second-order valence-electron chi connectivity index (χ2n) is 8.23. The van der Waals surface area contributed by atoms with Gasteiger partial charge in [-0.3, -0.25) is 9.59 Å². The highest BCUT2D eigenvalue weighted by atomic mass is 35.5. The standard InChI is InChI=1S/C26H35ClN2O3/c1-5-7-16-28-26(31)24(6-2)29(17-20-8-12-22(27)13-9-20)25(30)18-32-23-14-10-21(11-15-23)19(3)4/h8-15,19,24H,5-7,16-18H2,1-4H3,(H,28,31)/t24-/m1/s1. The van der Waals surface area contributed by atoms with Crippen molar-refractivity contribution >= 4 is 23.4 Å². The van der Waals surface area contributed by atoms with Crippen LogP contribution in [0, 0.1) is 0 Å². The molecule has 0 bridgehead atoms. The van der Waals surface area contributed by atoms with Gasteiger partial charge in [-0.1, -0.05) is 70.0 Å². The molecule has 5 nitrogen and oxygen atoms in total. The third-order valence-corrected chi connectivity index (χ3v) is 5.64. The number of nitrogens with one attached hydrogen (secondary N) is 1. The molecule has 2 amide bonds. The summed E-state index contributed by atoms with van der Waals surface area (Å²) >= 11 is 6.01. The van der Waals surface area contributed by atoms with E-state index >= 15 is 0 Å². The van der Waals surface area contributed by atoms with Gasteiger partial charge < -0.3 is 15.0 Å². The number of halogens is 1. The molecule has 0 aromatic heterocycles. The van der Waals surface area contributed by atoms with Crippen LogP contribution in [-0.4, -0.2) is 35.9 Å². The minimum atomic E-state index is -0.568. The molecule has 2 rings (SSSR count). The van der Waals surface area contributed by atoms with Crippen molar-refractivity contribution in [3.8, 4) is 5.75 Å². The van der Waals surface area contributed by atoms with Gasteiger partial charge in [0.25, 0.3) is 5.91 Å². The van der Waals surface area contributed by atoms with Crippen LogP contribution in [0.25, 0.3) is 0 Å². The van der Waals surface area contributed by atoms with E-state index in [1.54, 1.807) is 17.0 Å². The highest BCUT2D eigenvalue weighted by Gasteiger charge is 2.28. The maximum Gasteiger partial charge on any atom is 0.261 e. The van der Waals surface area contributed by atoms with Crippen LogP contribution in [0.3, 0.4) is 0 Å². The van der Waals surface area contributed by atoms with Gasteiger partial charge in [-0.2, -0.15) is 0 Å². The molecule has 0 spiro atoms. The second-order valence-corrected chi connectivity index (χ2v) is 8.67. The Morgan fingerprint density at radius 3 is 2.25 bits per heavy atom. The van der Waals surface area contributed by atoms with Crippen LogP contribution < -0.4 is 10.1 Å². The van der Waals surface area contributed by atoms with Gasteiger partial charge in [0.15, 0.2) is 6.61 Å². The van der Waals surface area contributed by atoms with Crippen molar-refractivity contribution in [1.82, 2.24) is 10.2 Å². The average molecular weight is 459 g/mol. The summed E-state index contributed by atoms with van der Waals surface area (Å²) in [6.07, 6.45) is 2.41. The lowest BCUT2D eigenvalue weighted by Gasteiger charge is -2.30. The van der Waals surface area contributed by atoms with Crippen LogP contribution in [0.2, 0.25) is 5.02 Å². The molecule has 1 N–H and O–H groups in total. The summed E-state index contributed by atoms with van der Waals surface area (Å²) in [7, 11) is 0. The van der Waals surface area contributed by atoms with Crippen LogP contribution in [0.4, 0.5) is 0 Å². The molecule has 2 aromatic carbocycles. The van der Waals surface area contributed by atoms with Crippen molar-refractivity contribution in [1.29, 1.82) is 0 Å². The Hall–Kier alpha value is -2.53. The predicted molar refractivity (Wildman–Crippen MR) is 130 cm³/mol. The van der Waals surface area contributed by atoms with E-state index in [1.807, 2.05) is 43.3 Å². The number of ether oxygens (including phenoxy) is 1. The van der Waals surface area contributed by atoms with E-state index in [0.717, 1.165) is 18.4 Å². The summed E-state index contributed by atoms with van der Waals surface area (Å²) in [5.41, 5.74) is 2.12. The quantitative estimate of drug-likeness (QED) is 0.423. The third kappa shape index (κ3) is 7.86. The predicted octanol–water partition coefficient (Wildman–Crippen LogP) is 5.57. The molecular weight excluding hydrogens is 424 g/mol. The van der Waals surface area contributed by atoms with Crippen molar-refractivity contribution in [2.45, 2.75) is 65.5 Å². The molecular formula is C26H35ClN2O3. The van der Waals surface area contributed by atoms with E-state index in [1.165, 1.54) is 5.56 Å². The van der Waals surface area contributed by atoms with Gasteiger partial charge in [0.05, 0.1) is 0 Å². The molecule has 32 heavy (non-hydrogen) atoms. The normalized spacial score (nSPS) is 11.8. The van der Waals surface area contributed by atoms with E-state index in [4.69, 9.17) is 16.3 Å². The number of carbonyl (C=O) groups is 2. The SMILES string of the molecule is CCCCNC(=O)[C@@H](CC)N(Cc1ccc(Cl)cc1)C(=O)COc1ccc(C(C)C)cc1. The van der Waals surface area contributed by atoms with E-state index in [9.17, 15) is 9.59 Å². The Bertz CT molecular complexity index is 850. The van der Waals surface area contributed by atoms with Crippen LogP contribution in [-0.2, 0) is 16.1 Å². The summed E-state index contributed by atoms with van der Waals surface area (Å²) < 4.78 is 5.77. The molecule has 0 saturated carbocycles. The van der Waals surface area contributed by atoms with Crippen LogP contribution in [0.5, 0.6) is 5.75 Å². The zero-order valence-corrected chi connectivity index (χ0v) is 20.3. The summed E-state index contributed by atoms with van der Waals surface area (Å²) in [6, 6.07) is 14.5. The minimum absolute atomic E-state index is 0.132. The fourth-order valence-electron chi connectivity index (χ4n) is 3.39. The summed E-state index contributed by atoms with van der Waals surface area (Å²) in [4.78, 5) is 27.6. The topological polar surface area (TPSA) is 58.6 Å². The fourth-order valence-corrected chi connectivity index (χ4v) is 3.52. The van der Waals surface area contributed by atoms with Crippen LogP contribution in [0.1, 0.15) is 64.0 Å². The zero-order valence-electron chi connectivity index (χ0n) is 19.6. The molecule has 6 heteroatoms. The number of benzene rings is 2. The maximum absolute atomic E-state index is 13.2. The van der Waals surface area contributed by atoms with Crippen molar-refractivity contribution in [2.24, 2.45) is 0 Å². The Morgan fingerprint density at radius 1 is 1.03 bits per heavy atom. The molecule has 0 fully saturated rings. The second kappa shape index (κ2) is 13.1. The first-order valence-electron chi connectivity index (χ1n) is 11.4. The third-order valence-electron chi connectivity index (χ3n) is 5.39. The average Bonchev–Trinajstić information content (AvgIpc) is 2.79. The molecule has 174 valence electrons. The zero-order chi connectivity index (χ0) is 23.5. The maximum atomic E-state index is 13.2. The van der Waals surface area contributed by atoms with Gasteiger partial charge in [-0.05, 0) is 54.2 Å². The summed E-state index contributed by atoms with van der Waals surface area (Å²) in [5, 5.41) is 3.59. The van der Waals surface area contributed by atoms with Crippen molar-refractivity contribution in [3.63, 3.8) is 0 Å². The number of carbonyl (C=O) groups excluding carboxylic acids is 2. The first-order chi connectivity index (χ1) is 15.3. The Labute approximate surface area is 197 Å². The summed E-state index contributed by atoms with van der Waals surface area (Å²) in [6.45, 7) is 9.03. The summed E-state index contributed by atoms with van der Waals surface area (Å²) in [5.74, 6) is 0.696. The van der Waals surface area contributed by atoms with Crippen LogP contribution in [0.15, 0.2) is 48.5 Å². The van der Waals surface area contributed by atoms with Gasteiger partial charge in [0.2, 0.25) is 5.91 Å². The van der Waals surface area contributed by atoms with Gasteiger partial charge in [0, 0.05) is 18.1 Å². The first kappa shape index (κ1) is 25.7. The smallest absolute Gasteiger partial charge is 0.261 e. The fraction of sp³-hybridized carbons (Fsp3) is 0.462. The van der Waals surface area contributed by atoms with Crippen molar-refractivity contribution in [3.05, 3.63) is 64.7 Å². The van der Waals surface area contributed by atoms with E-state index in [-0.39, 0.29) is 18.4 Å². The largest absolute Gasteiger partial charge is 0.484 e. The number of amides is 2. The highest BCUT2D eigenvalue weighted by Crippen LogP contribution is 2.19. The number of hydrogen-bond donors (Lipinski definition) is 1. The van der Waals surface area contributed by atoms with Gasteiger partial charge in [0.1, 0.15) is 11.8 Å². The Balaban J connectivity index is 2.14.